The lowest BCUT2D eigenvalue weighted by atomic mass is 10.0. The van der Waals surface area contributed by atoms with Crippen molar-refractivity contribution in [2.24, 2.45) is 5.92 Å². The van der Waals surface area contributed by atoms with E-state index < -0.39 is 22.3 Å². The number of nitro benzene ring substituents is 1. The van der Waals surface area contributed by atoms with Crippen LogP contribution in [0.3, 0.4) is 0 Å². The molecule has 21 heavy (non-hydrogen) atoms. The fourth-order valence-corrected chi connectivity index (χ4v) is 1.91. The van der Waals surface area contributed by atoms with Crippen LogP contribution in [0.2, 0.25) is 0 Å². The number of nitro groups is 1. The molecular weight excluding hydrogens is 277 g/mol. The molecule has 0 saturated heterocycles. The van der Waals surface area contributed by atoms with Gasteiger partial charge in [-0.25, -0.2) is 4.39 Å². The lowest BCUT2D eigenvalue weighted by Gasteiger charge is -2.25. The lowest BCUT2D eigenvalue weighted by molar-refractivity contribution is -0.385. The Labute approximate surface area is 123 Å². The number of amides is 1. The van der Waals surface area contributed by atoms with Gasteiger partial charge in [-0.1, -0.05) is 13.8 Å². The summed E-state index contributed by atoms with van der Waals surface area (Å²) in [6.45, 7) is 4.47. The van der Waals surface area contributed by atoms with E-state index in [4.69, 9.17) is 0 Å². The summed E-state index contributed by atoms with van der Waals surface area (Å²) >= 11 is 0. The van der Waals surface area contributed by atoms with Crippen LogP contribution in [0.1, 0.15) is 24.2 Å². The summed E-state index contributed by atoms with van der Waals surface area (Å²) in [5.74, 6) is -1.18. The molecule has 0 radical (unpaired) electrons. The molecule has 0 aliphatic heterocycles. The molecule has 1 aromatic rings. The summed E-state index contributed by atoms with van der Waals surface area (Å²) in [5.41, 5.74) is -0.661. The van der Waals surface area contributed by atoms with Crippen LogP contribution in [0.4, 0.5) is 10.1 Å². The van der Waals surface area contributed by atoms with Crippen LogP contribution in [0.25, 0.3) is 0 Å². The zero-order valence-corrected chi connectivity index (χ0v) is 12.6. The highest BCUT2D eigenvalue weighted by Gasteiger charge is 2.24. The highest BCUT2D eigenvalue weighted by molar-refractivity contribution is 5.98. The van der Waals surface area contributed by atoms with E-state index in [1.807, 2.05) is 32.8 Å². The molecule has 1 aromatic carbocycles. The summed E-state index contributed by atoms with van der Waals surface area (Å²) in [6, 6.07) is 2.67. The van der Waals surface area contributed by atoms with Crippen LogP contribution in [-0.4, -0.2) is 42.4 Å². The summed E-state index contributed by atoms with van der Waals surface area (Å²) in [7, 11) is 3.73. The molecule has 1 rings (SSSR count). The number of hydrogen-bond donors (Lipinski definition) is 1. The molecule has 1 N–H and O–H groups in total. The van der Waals surface area contributed by atoms with Crippen molar-refractivity contribution in [3.63, 3.8) is 0 Å². The minimum absolute atomic E-state index is 0.143. The molecule has 0 aromatic heterocycles. The van der Waals surface area contributed by atoms with Crippen LogP contribution in [-0.2, 0) is 0 Å². The van der Waals surface area contributed by atoms with Gasteiger partial charge in [-0.3, -0.25) is 14.9 Å². The molecule has 0 spiro atoms. The van der Waals surface area contributed by atoms with Gasteiger partial charge in [0.1, 0.15) is 11.4 Å². The fourth-order valence-electron chi connectivity index (χ4n) is 1.91. The number of halogens is 1. The molecule has 0 fully saturated rings. The first-order valence-corrected chi connectivity index (χ1v) is 6.62. The summed E-state index contributed by atoms with van der Waals surface area (Å²) in [4.78, 5) is 24.4. The predicted octanol–water partition coefficient (Wildman–Crippen LogP) is 2.05. The average molecular weight is 297 g/mol. The van der Waals surface area contributed by atoms with Crippen molar-refractivity contribution in [2.45, 2.75) is 19.9 Å². The van der Waals surface area contributed by atoms with Gasteiger partial charge in [0.2, 0.25) is 0 Å². The molecule has 1 amide bonds. The highest BCUT2D eigenvalue weighted by atomic mass is 19.1. The molecule has 116 valence electrons. The molecule has 1 unspecified atom stereocenters. The quantitative estimate of drug-likeness (QED) is 0.644. The summed E-state index contributed by atoms with van der Waals surface area (Å²) < 4.78 is 13.3. The van der Waals surface area contributed by atoms with Crippen LogP contribution >= 0.6 is 0 Å². The van der Waals surface area contributed by atoms with Crippen molar-refractivity contribution < 1.29 is 14.1 Å². The topological polar surface area (TPSA) is 75.5 Å². The number of benzene rings is 1. The summed E-state index contributed by atoms with van der Waals surface area (Å²) in [6.07, 6.45) is 0. The van der Waals surface area contributed by atoms with E-state index in [1.54, 1.807) is 0 Å². The van der Waals surface area contributed by atoms with Crippen molar-refractivity contribution in [1.82, 2.24) is 10.2 Å². The van der Waals surface area contributed by atoms with Crippen molar-refractivity contribution in [3.05, 3.63) is 39.7 Å². The van der Waals surface area contributed by atoms with Gasteiger partial charge in [0.25, 0.3) is 11.6 Å². The molecule has 0 aliphatic rings. The monoisotopic (exact) mass is 297 g/mol. The van der Waals surface area contributed by atoms with Gasteiger partial charge in [0.05, 0.1) is 4.92 Å². The lowest BCUT2D eigenvalue weighted by Crippen LogP contribution is -2.45. The van der Waals surface area contributed by atoms with Crippen molar-refractivity contribution >= 4 is 11.6 Å². The molecule has 0 saturated carbocycles. The van der Waals surface area contributed by atoms with E-state index in [2.05, 4.69) is 5.32 Å². The van der Waals surface area contributed by atoms with E-state index in [0.29, 0.717) is 6.54 Å². The number of rotatable bonds is 6. The zero-order valence-electron chi connectivity index (χ0n) is 12.6. The number of nitrogens with one attached hydrogen (secondary N) is 1. The first-order chi connectivity index (χ1) is 9.72. The molecule has 6 nitrogen and oxygen atoms in total. The minimum atomic E-state index is -0.690. The SMILES string of the molecule is CC(C)C(CN(C)C)NC(=O)c1cc(F)ccc1[N+](=O)[O-]. The van der Waals surface area contributed by atoms with Gasteiger partial charge in [-0.2, -0.15) is 0 Å². The highest BCUT2D eigenvalue weighted by Crippen LogP contribution is 2.20. The number of carbonyl (C=O) groups excluding carboxylic acids is 1. The largest absolute Gasteiger partial charge is 0.348 e. The Morgan fingerprint density at radius 1 is 1.43 bits per heavy atom. The molecule has 0 aliphatic carbocycles. The van der Waals surface area contributed by atoms with Crippen LogP contribution < -0.4 is 5.32 Å². The van der Waals surface area contributed by atoms with Crippen LogP contribution in [0, 0.1) is 21.8 Å². The second-order valence-electron chi connectivity index (χ2n) is 5.50. The molecule has 1 atom stereocenters. The third-order valence-electron chi connectivity index (χ3n) is 3.08. The van der Waals surface area contributed by atoms with E-state index in [9.17, 15) is 19.3 Å². The molecule has 7 heteroatoms. The Hall–Kier alpha value is -2.02. The van der Waals surface area contributed by atoms with Gasteiger partial charge in [0.15, 0.2) is 0 Å². The third-order valence-corrected chi connectivity index (χ3v) is 3.08. The predicted molar refractivity (Wildman–Crippen MR) is 77.7 cm³/mol. The molecular formula is C14H20FN3O3. The zero-order chi connectivity index (χ0) is 16.2. The van der Waals surface area contributed by atoms with Crippen LogP contribution in [0.15, 0.2) is 18.2 Å². The Kier molecular flexibility index (Phi) is 5.78. The second kappa shape index (κ2) is 7.12. The Bertz CT molecular complexity index is 532. The maximum absolute atomic E-state index is 13.3. The number of hydrogen-bond acceptors (Lipinski definition) is 4. The van der Waals surface area contributed by atoms with Gasteiger partial charge in [-0.15, -0.1) is 0 Å². The normalized spacial score (nSPS) is 12.5. The van der Waals surface area contributed by atoms with Crippen molar-refractivity contribution in [3.8, 4) is 0 Å². The van der Waals surface area contributed by atoms with E-state index in [1.165, 1.54) is 0 Å². The minimum Gasteiger partial charge on any atom is -0.348 e. The van der Waals surface area contributed by atoms with E-state index in [0.717, 1.165) is 18.2 Å². The van der Waals surface area contributed by atoms with Crippen LogP contribution in [0.5, 0.6) is 0 Å². The Morgan fingerprint density at radius 3 is 2.52 bits per heavy atom. The second-order valence-corrected chi connectivity index (χ2v) is 5.50. The van der Waals surface area contributed by atoms with Crippen molar-refractivity contribution in [2.75, 3.05) is 20.6 Å². The average Bonchev–Trinajstić information content (AvgIpc) is 2.36. The fraction of sp³-hybridized carbons (Fsp3) is 0.500. The molecule has 0 bridgehead atoms. The van der Waals surface area contributed by atoms with Gasteiger partial charge >= 0.3 is 0 Å². The maximum atomic E-state index is 13.3. The number of carbonyl (C=O) groups is 1. The van der Waals surface area contributed by atoms with Gasteiger partial charge in [-0.05, 0) is 32.1 Å². The first kappa shape index (κ1) is 17.0. The van der Waals surface area contributed by atoms with E-state index in [-0.39, 0.29) is 17.5 Å². The van der Waals surface area contributed by atoms with Gasteiger partial charge < -0.3 is 10.2 Å². The number of likely N-dealkylation sites (N-methyl/N-ethyl adjacent to an activating group) is 1. The Balaban J connectivity index is 3.02. The van der Waals surface area contributed by atoms with E-state index >= 15 is 0 Å². The summed E-state index contributed by atoms with van der Waals surface area (Å²) in [5, 5.41) is 13.7. The first-order valence-electron chi connectivity index (χ1n) is 6.62. The van der Waals surface area contributed by atoms with Crippen molar-refractivity contribution in [1.29, 1.82) is 0 Å². The number of nitrogens with zero attached hydrogens (tertiary/aromatic N) is 2. The van der Waals surface area contributed by atoms with Gasteiger partial charge in [0, 0.05) is 18.7 Å². The Morgan fingerprint density at radius 2 is 2.05 bits per heavy atom. The third kappa shape index (κ3) is 4.78. The smallest absolute Gasteiger partial charge is 0.282 e. The molecule has 0 heterocycles. The standard InChI is InChI=1S/C14H20FN3O3/c1-9(2)12(8-17(3)4)16-14(19)11-7-10(15)5-6-13(11)18(20)21/h5-7,9,12H,8H2,1-4H3,(H,16,19). The maximum Gasteiger partial charge on any atom is 0.282 e.